The van der Waals surface area contributed by atoms with Gasteiger partial charge in [-0.3, -0.25) is 4.79 Å². The van der Waals surface area contributed by atoms with Crippen LogP contribution < -0.4 is 10.2 Å². The van der Waals surface area contributed by atoms with Gasteiger partial charge in [-0.05, 0) is 24.5 Å². The van der Waals surface area contributed by atoms with Crippen LogP contribution in [0.2, 0.25) is 0 Å². The van der Waals surface area contributed by atoms with Gasteiger partial charge in [0.2, 0.25) is 5.91 Å². The second-order valence-corrected chi connectivity index (χ2v) is 7.08. The molecule has 4 nitrogen and oxygen atoms in total. The van der Waals surface area contributed by atoms with Gasteiger partial charge in [0.15, 0.2) is 0 Å². The second-order valence-electron chi connectivity index (χ2n) is 7.08. The zero-order chi connectivity index (χ0) is 18.2. The van der Waals surface area contributed by atoms with Crippen molar-refractivity contribution in [2.24, 2.45) is 0 Å². The number of ether oxygens (including phenoxy) is 1. The summed E-state index contributed by atoms with van der Waals surface area (Å²) in [5.74, 6) is 0.118. The van der Waals surface area contributed by atoms with Gasteiger partial charge in [0.1, 0.15) is 25.7 Å². The minimum absolute atomic E-state index is 0.0481. The zero-order valence-electron chi connectivity index (χ0n) is 15.5. The van der Waals surface area contributed by atoms with Crippen LogP contribution in [0.1, 0.15) is 29.2 Å². The molecule has 0 aliphatic carbocycles. The highest BCUT2D eigenvalue weighted by molar-refractivity contribution is 5.76. The number of hydrogen-bond donors (Lipinski definition) is 2. The monoisotopic (exact) mass is 353 g/mol. The van der Waals surface area contributed by atoms with Crippen LogP contribution in [0.25, 0.3) is 0 Å². The Morgan fingerprint density at radius 3 is 2.46 bits per heavy atom. The van der Waals surface area contributed by atoms with Crippen LogP contribution in [0.15, 0.2) is 54.6 Å². The average Bonchev–Trinajstić information content (AvgIpc) is 2.68. The van der Waals surface area contributed by atoms with Crippen molar-refractivity contribution in [2.45, 2.75) is 25.8 Å². The van der Waals surface area contributed by atoms with E-state index in [-0.39, 0.29) is 11.9 Å². The molecular formula is C22H29N2O2+. The van der Waals surface area contributed by atoms with Gasteiger partial charge in [0.25, 0.3) is 0 Å². The highest BCUT2D eigenvalue weighted by atomic mass is 16.5. The Kier molecular flexibility index (Phi) is 6.81. The number of carbonyl (C=O) groups is 1. The number of nitrogens with one attached hydrogen (secondary N) is 2. The molecule has 0 saturated carbocycles. The van der Waals surface area contributed by atoms with E-state index >= 15 is 0 Å². The summed E-state index contributed by atoms with van der Waals surface area (Å²) in [7, 11) is 0. The molecule has 1 aliphatic heterocycles. The predicted molar refractivity (Wildman–Crippen MR) is 103 cm³/mol. The first-order chi connectivity index (χ1) is 12.7. The third kappa shape index (κ3) is 5.68. The van der Waals surface area contributed by atoms with Crippen LogP contribution in [0.3, 0.4) is 0 Å². The van der Waals surface area contributed by atoms with Crippen molar-refractivity contribution < 1.29 is 14.4 Å². The maximum absolute atomic E-state index is 12.6. The van der Waals surface area contributed by atoms with Crippen molar-refractivity contribution in [3.8, 4) is 0 Å². The molecule has 1 heterocycles. The highest BCUT2D eigenvalue weighted by Crippen LogP contribution is 2.13. The smallest absolute Gasteiger partial charge is 0.221 e. The number of morpholine rings is 1. The van der Waals surface area contributed by atoms with E-state index in [9.17, 15) is 4.79 Å². The van der Waals surface area contributed by atoms with Crippen LogP contribution in [-0.2, 0) is 16.0 Å². The fourth-order valence-electron chi connectivity index (χ4n) is 3.37. The minimum atomic E-state index is 0.0481. The Hall–Kier alpha value is -2.17. The minimum Gasteiger partial charge on any atom is -0.370 e. The molecule has 0 unspecified atom stereocenters. The normalized spacial score (nSPS) is 16.2. The molecule has 0 spiro atoms. The maximum Gasteiger partial charge on any atom is 0.221 e. The second kappa shape index (κ2) is 9.51. The molecule has 1 amide bonds. The summed E-state index contributed by atoms with van der Waals surface area (Å²) in [6.45, 7) is 6.61. The first kappa shape index (κ1) is 18.6. The quantitative estimate of drug-likeness (QED) is 0.796. The van der Waals surface area contributed by atoms with Gasteiger partial charge in [-0.15, -0.1) is 0 Å². The van der Waals surface area contributed by atoms with Gasteiger partial charge >= 0.3 is 0 Å². The molecule has 2 aromatic carbocycles. The summed E-state index contributed by atoms with van der Waals surface area (Å²) in [5.41, 5.74) is 3.62. The summed E-state index contributed by atoms with van der Waals surface area (Å²) in [5, 5.41) is 3.27. The van der Waals surface area contributed by atoms with Gasteiger partial charge < -0.3 is 15.0 Å². The van der Waals surface area contributed by atoms with Crippen molar-refractivity contribution in [1.29, 1.82) is 0 Å². The van der Waals surface area contributed by atoms with Crippen LogP contribution in [0.5, 0.6) is 0 Å². The molecule has 2 aromatic rings. The topological polar surface area (TPSA) is 42.8 Å². The standard InChI is InChI=1S/C22H28N2O2/c1-18-7-10-20(11-8-18)21(17-24-13-15-26-16-14-24)23-22(25)12-9-19-5-3-2-4-6-19/h2-8,10-11,21H,9,12-17H2,1H3,(H,23,25)/p+1/t21-/m1/s1. The van der Waals surface area contributed by atoms with Gasteiger partial charge in [0.05, 0.1) is 13.2 Å². The maximum atomic E-state index is 12.6. The number of carbonyl (C=O) groups excluding carboxylic acids is 1. The van der Waals surface area contributed by atoms with E-state index in [1.807, 2.05) is 18.2 Å². The molecule has 1 aliphatic rings. The van der Waals surface area contributed by atoms with Gasteiger partial charge in [-0.2, -0.15) is 0 Å². The lowest BCUT2D eigenvalue weighted by atomic mass is 10.0. The highest BCUT2D eigenvalue weighted by Gasteiger charge is 2.22. The van der Waals surface area contributed by atoms with Gasteiger partial charge in [-0.25, -0.2) is 0 Å². The van der Waals surface area contributed by atoms with Gasteiger partial charge in [-0.1, -0.05) is 60.2 Å². The van der Waals surface area contributed by atoms with Crippen molar-refractivity contribution >= 4 is 5.91 Å². The molecule has 0 radical (unpaired) electrons. The lowest BCUT2D eigenvalue weighted by molar-refractivity contribution is -0.909. The molecule has 0 bridgehead atoms. The molecule has 0 aromatic heterocycles. The fourth-order valence-corrected chi connectivity index (χ4v) is 3.37. The van der Waals surface area contributed by atoms with E-state index in [0.717, 1.165) is 39.3 Å². The van der Waals surface area contributed by atoms with E-state index in [2.05, 4.69) is 48.6 Å². The Morgan fingerprint density at radius 1 is 1.08 bits per heavy atom. The van der Waals surface area contributed by atoms with Crippen molar-refractivity contribution in [1.82, 2.24) is 5.32 Å². The molecule has 138 valence electrons. The van der Waals surface area contributed by atoms with Crippen molar-refractivity contribution in [3.63, 3.8) is 0 Å². The first-order valence-electron chi connectivity index (χ1n) is 9.52. The third-order valence-corrected chi connectivity index (χ3v) is 4.99. The van der Waals surface area contributed by atoms with Crippen LogP contribution in [0, 0.1) is 6.92 Å². The fraction of sp³-hybridized carbons (Fsp3) is 0.409. The number of hydrogen-bond acceptors (Lipinski definition) is 2. The van der Waals surface area contributed by atoms with E-state index < -0.39 is 0 Å². The summed E-state index contributed by atoms with van der Waals surface area (Å²) in [4.78, 5) is 14.1. The number of rotatable bonds is 7. The predicted octanol–water partition coefficient (Wildman–Crippen LogP) is 1.70. The summed E-state index contributed by atoms with van der Waals surface area (Å²) >= 11 is 0. The van der Waals surface area contributed by atoms with Crippen LogP contribution in [-0.4, -0.2) is 38.8 Å². The number of quaternary nitrogens is 1. The van der Waals surface area contributed by atoms with E-state index in [1.54, 1.807) is 0 Å². The van der Waals surface area contributed by atoms with E-state index in [4.69, 9.17) is 4.74 Å². The Balaban J connectivity index is 1.62. The largest absolute Gasteiger partial charge is 0.370 e. The number of aryl methyl sites for hydroxylation is 2. The summed E-state index contributed by atoms with van der Waals surface area (Å²) < 4.78 is 5.46. The van der Waals surface area contributed by atoms with E-state index in [0.29, 0.717) is 6.42 Å². The lowest BCUT2D eigenvalue weighted by Gasteiger charge is -2.28. The lowest BCUT2D eigenvalue weighted by Crippen LogP contribution is -3.14. The number of amides is 1. The molecular weight excluding hydrogens is 324 g/mol. The van der Waals surface area contributed by atoms with Crippen molar-refractivity contribution in [2.75, 3.05) is 32.8 Å². The van der Waals surface area contributed by atoms with E-state index in [1.165, 1.54) is 21.6 Å². The zero-order valence-corrected chi connectivity index (χ0v) is 15.5. The Bertz CT molecular complexity index is 679. The molecule has 1 fully saturated rings. The molecule has 3 rings (SSSR count). The third-order valence-electron chi connectivity index (χ3n) is 4.99. The molecule has 1 saturated heterocycles. The molecule has 2 N–H and O–H groups in total. The molecule has 4 heteroatoms. The number of benzene rings is 2. The molecule has 1 atom stereocenters. The van der Waals surface area contributed by atoms with Crippen LogP contribution >= 0.6 is 0 Å². The average molecular weight is 353 g/mol. The van der Waals surface area contributed by atoms with Gasteiger partial charge in [0, 0.05) is 6.42 Å². The van der Waals surface area contributed by atoms with Crippen LogP contribution in [0.4, 0.5) is 0 Å². The summed E-state index contributed by atoms with van der Waals surface area (Å²) in [6, 6.07) is 18.7. The molecule has 26 heavy (non-hydrogen) atoms. The van der Waals surface area contributed by atoms with Crippen molar-refractivity contribution in [3.05, 3.63) is 71.3 Å². The Labute approximate surface area is 156 Å². The SMILES string of the molecule is Cc1ccc([C@@H](C[NH+]2CCOCC2)NC(=O)CCc2ccccc2)cc1. The Morgan fingerprint density at radius 2 is 1.77 bits per heavy atom. The summed E-state index contributed by atoms with van der Waals surface area (Å²) in [6.07, 6.45) is 1.29. The first-order valence-corrected chi connectivity index (χ1v) is 9.52.